The molecule has 0 amide bonds. The van der Waals surface area contributed by atoms with Gasteiger partial charge in [0.25, 0.3) is 0 Å². The molecule has 0 saturated carbocycles. The third kappa shape index (κ3) is 2.82. The van der Waals surface area contributed by atoms with Gasteiger partial charge in [-0.05, 0) is 47.3 Å². The number of H-pyrrole nitrogens is 1. The molecule has 0 aliphatic rings. The van der Waals surface area contributed by atoms with E-state index in [0.29, 0.717) is 0 Å². The van der Waals surface area contributed by atoms with Crippen molar-refractivity contribution in [2.24, 2.45) is 0 Å². The zero-order valence-corrected chi connectivity index (χ0v) is 11.3. The van der Waals surface area contributed by atoms with Gasteiger partial charge in [0.2, 0.25) is 0 Å². The van der Waals surface area contributed by atoms with Crippen molar-refractivity contribution in [3.63, 3.8) is 0 Å². The minimum atomic E-state index is 0.841. The lowest BCUT2D eigenvalue weighted by atomic mass is 10.1. The minimum Gasteiger partial charge on any atom is -0.311 e. The van der Waals surface area contributed by atoms with Gasteiger partial charge in [-0.2, -0.15) is 5.10 Å². The number of rotatable bonds is 4. The van der Waals surface area contributed by atoms with Crippen molar-refractivity contribution in [1.29, 1.82) is 0 Å². The number of aromatic nitrogens is 2. The first-order valence-electron chi connectivity index (χ1n) is 5.30. The molecule has 0 aliphatic carbocycles. The van der Waals surface area contributed by atoms with E-state index in [-0.39, 0.29) is 0 Å². The monoisotopic (exact) mass is 327 g/mol. The molecule has 84 valence electrons. The highest BCUT2D eigenvalue weighted by atomic mass is 127. The Hall–Kier alpha value is -0.880. The SMILES string of the molecule is CCNCc1cc(-c2ccc(I)cc2)n[nH]1. The Balaban J connectivity index is 2.15. The zero-order chi connectivity index (χ0) is 11.4. The summed E-state index contributed by atoms with van der Waals surface area (Å²) in [5.41, 5.74) is 3.28. The predicted octanol–water partition coefficient (Wildman–Crippen LogP) is 2.79. The van der Waals surface area contributed by atoms with Gasteiger partial charge >= 0.3 is 0 Å². The Morgan fingerprint density at radius 3 is 2.75 bits per heavy atom. The van der Waals surface area contributed by atoms with Crippen molar-refractivity contribution < 1.29 is 0 Å². The number of halogens is 1. The third-order valence-corrected chi connectivity index (χ3v) is 3.06. The van der Waals surface area contributed by atoms with Crippen molar-refractivity contribution in [3.05, 3.63) is 39.6 Å². The summed E-state index contributed by atoms with van der Waals surface area (Å²) < 4.78 is 1.24. The molecule has 0 atom stereocenters. The highest BCUT2D eigenvalue weighted by Crippen LogP contribution is 2.18. The standard InChI is InChI=1S/C12H14IN3/c1-2-14-8-11-7-12(16-15-11)9-3-5-10(13)6-4-9/h3-7,14H,2,8H2,1H3,(H,15,16). The molecule has 0 bridgehead atoms. The number of benzene rings is 1. The molecule has 0 saturated heterocycles. The lowest BCUT2D eigenvalue weighted by Gasteiger charge is -1.96. The molecule has 0 aliphatic heterocycles. The molecule has 1 aromatic carbocycles. The number of nitrogens with one attached hydrogen (secondary N) is 2. The molecular formula is C12H14IN3. The Labute approximate surface area is 109 Å². The van der Waals surface area contributed by atoms with Gasteiger partial charge in [-0.25, -0.2) is 0 Å². The van der Waals surface area contributed by atoms with E-state index in [9.17, 15) is 0 Å². The maximum atomic E-state index is 4.30. The highest BCUT2D eigenvalue weighted by molar-refractivity contribution is 14.1. The molecule has 2 N–H and O–H groups in total. The first-order chi connectivity index (χ1) is 7.79. The Bertz CT molecular complexity index is 448. The normalized spacial score (nSPS) is 10.6. The molecule has 2 aromatic rings. The van der Waals surface area contributed by atoms with Crippen LogP contribution in [0.4, 0.5) is 0 Å². The summed E-state index contributed by atoms with van der Waals surface area (Å²) >= 11 is 2.30. The van der Waals surface area contributed by atoms with Gasteiger partial charge in [0, 0.05) is 21.4 Å². The van der Waals surface area contributed by atoms with E-state index in [1.165, 1.54) is 3.57 Å². The Morgan fingerprint density at radius 2 is 2.06 bits per heavy atom. The number of hydrogen-bond acceptors (Lipinski definition) is 2. The fourth-order valence-corrected chi connectivity index (χ4v) is 1.84. The van der Waals surface area contributed by atoms with E-state index in [0.717, 1.165) is 30.0 Å². The quantitative estimate of drug-likeness (QED) is 0.848. The zero-order valence-electron chi connectivity index (χ0n) is 9.13. The summed E-state index contributed by atoms with van der Waals surface area (Å²) in [6, 6.07) is 10.5. The fraction of sp³-hybridized carbons (Fsp3) is 0.250. The van der Waals surface area contributed by atoms with Crippen LogP contribution in [0.5, 0.6) is 0 Å². The van der Waals surface area contributed by atoms with Crippen LogP contribution in [0.3, 0.4) is 0 Å². The fourth-order valence-electron chi connectivity index (χ4n) is 1.48. The van der Waals surface area contributed by atoms with Crippen LogP contribution in [-0.4, -0.2) is 16.7 Å². The van der Waals surface area contributed by atoms with Gasteiger partial charge in [0.15, 0.2) is 0 Å². The van der Waals surface area contributed by atoms with Gasteiger partial charge in [0.05, 0.1) is 5.69 Å². The van der Waals surface area contributed by atoms with Gasteiger partial charge < -0.3 is 5.32 Å². The molecule has 3 nitrogen and oxygen atoms in total. The van der Waals surface area contributed by atoms with Gasteiger partial charge in [-0.15, -0.1) is 0 Å². The molecule has 0 unspecified atom stereocenters. The van der Waals surface area contributed by atoms with Crippen molar-refractivity contribution in [2.45, 2.75) is 13.5 Å². The van der Waals surface area contributed by atoms with E-state index in [2.05, 4.69) is 75.4 Å². The van der Waals surface area contributed by atoms with Crippen LogP contribution in [-0.2, 0) is 6.54 Å². The molecule has 0 fully saturated rings. The van der Waals surface area contributed by atoms with Crippen LogP contribution in [0.15, 0.2) is 30.3 Å². The maximum Gasteiger partial charge on any atom is 0.0924 e. The summed E-state index contributed by atoms with van der Waals surface area (Å²) in [6.45, 7) is 3.90. The van der Waals surface area contributed by atoms with Gasteiger partial charge in [-0.3, -0.25) is 5.10 Å². The second-order valence-electron chi connectivity index (χ2n) is 3.57. The molecule has 1 aromatic heterocycles. The average Bonchev–Trinajstić information content (AvgIpc) is 2.76. The maximum absolute atomic E-state index is 4.30. The molecule has 2 rings (SSSR count). The van der Waals surface area contributed by atoms with Crippen LogP contribution in [0, 0.1) is 3.57 Å². The van der Waals surface area contributed by atoms with Gasteiger partial charge in [-0.1, -0.05) is 19.1 Å². The topological polar surface area (TPSA) is 40.7 Å². The van der Waals surface area contributed by atoms with Gasteiger partial charge in [0.1, 0.15) is 0 Å². The molecule has 1 heterocycles. The van der Waals surface area contributed by atoms with Crippen LogP contribution < -0.4 is 5.32 Å². The summed E-state index contributed by atoms with van der Waals surface area (Å²) in [7, 11) is 0. The second-order valence-corrected chi connectivity index (χ2v) is 4.81. The predicted molar refractivity (Wildman–Crippen MR) is 74.1 cm³/mol. The van der Waals surface area contributed by atoms with Crippen LogP contribution in [0.25, 0.3) is 11.3 Å². The van der Waals surface area contributed by atoms with E-state index in [4.69, 9.17) is 0 Å². The molecule has 0 spiro atoms. The number of hydrogen-bond donors (Lipinski definition) is 2. The Kier molecular flexibility index (Phi) is 3.95. The molecule has 16 heavy (non-hydrogen) atoms. The average molecular weight is 327 g/mol. The van der Waals surface area contributed by atoms with Crippen LogP contribution in [0.2, 0.25) is 0 Å². The van der Waals surface area contributed by atoms with E-state index < -0.39 is 0 Å². The van der Waals surface area contributed by atoms with Crippen LogP contribution >= 0.6 is 22.6 Å². The van der Waals surface area contributed by atoms with E-state index >= 15 is 0 Å². The van der Waals surface area contributed by atoms with Crippen molar-refractivity contribution >= 4 is 22.6 Å². The number of nitrogens with zero attached hydrogens (tertiary/aromatic N) is 1. The van der Waals surface area contributed by atoms with Crippen molar-refractivity contribution in [1.82, 2.24) is 15.5 Å². The number of aromatic amines is 1. The highest BCUT2D eigenvalue weighted by Gasteiger charge is 2.02. The summed E-state index contributed by atoms with van der Waals surface area (Å²) in [6.07, 6.45) is 0. The summed E-state index contributed by atoms with van der Waals surface area (Å²) in [4.78, 5) is 0. The first kappa shape index (κ1) is 11.6. The first-order valence-corrected chi connectivity index (χ1v) is 6.38. The van der Waals surface area contributed by atoms with E-state index in [1.807, 2.05) is 0 Å². The lowest BCUT2D eigenvalue weighted by molar-refractivity contribution is 0.707. The van der Waals surface area contributed by atoms with Crippen molar-refractivity contribution in [3.8, 4) is 11.3 Å². The molecule has 0 radical (unpaired) electrons. The third-order valence-electron chi connectivity index (χ3n) is 2.34. The smallest absolute Gasteiger partial charge is 0.0924 e. The summed E-state index contributed by atoms with van der Waals surface area (Å²) in [5, 5.41) is 10.6. The summed E-state index contributed by atoms with van der Waals surface area (Å²) in [5.74, 6) is 0. The minimum absolute atomic E-state index is 0.841. The van der Waals surface area contributed by atoms with Crippen molar-refractivity contribution in [2.75, 3.05) is 6.54 Å². The molecular weight excluding hydrogens is 313 g/mol. The Morgan fingerprint density at radius 1 is 1.31 bits per heavy atom. The molecule has 4 heteroatoms. The largest absolute Gasteiger partial charge is 0.311 e. The van der Waals surface area contributed by atoms with E-state index in [1.54, 1.807) is 0 Å². The second kappa shape index (κ2) is 5.45. The lowest BCUT2D eigenvalue weighted by Crippen LogP contribution is -2.11. The van der Waals surface area contributed by atoms with Crippen LogP contribution in [0.1, 0.15) is 12.6 Å².